The van der Waals surface area contributed by atoms with Gasteiger partial charge in [0.25, 0.3) is 0 Å². The zero-order chi connectivity index (χ0) is 14.4. The van der Waals surface area contributed by atoms with Crippen molar-refractivity contribution in [1.82, 2.24) is 9.88 Å². The van der Waals surface area contributed by atoms with Gasteiger partial charge in [0.05, 0.1) is 0 Å². The molecule has 2 rings (SSSR count). The molecule has 0 aromatic carbocycles. The predicted octanol–water partition coefficient (Wildman–Crippen LogP) is 0.915. The van der Waals surface area contributed by atoms with Crippen LogP contribution in [0.1, 0.15) is 24.8 Å². The first-order valence-electron chi connectivity index (χ1n) is 6.77. The van der Waals surface area contributed by atoms with Crippen molar-refractivity contribution in [2.24, 2.45) is 5.73 Å². The molecule has 0 bridgehead atoms. The lowest BCUT2D eigenvalue weighted by molar-refractivity contribution is -0.150. The molecule has 1 aromatic rings. The van der Waals surface area contributed by atoms with Crippen LogP contribution in [0.3, 0.4) is 0 Å². The second-order valence-electron chi connectivity index (χ2n) is 5.05. The summed E-state index contributed by atoms with van der Waals surface area (Å²) >= 11 is 0. The number of hydrogen-bond donors (Lipinski definition) is 2. The number of piperidine rings is 1. The largest absolute Gasteiger partial charge is 0.461 e. The maximum Gasteiger partial charge on any atom is 0.313 e. The van der Waals surface area contributed by atoms with E-state index in [1.807, 2.05) is 18.3 Å². The van der Waals surface area contributed by atoms with Crippen molar-refractivity contribution in [3.63, 3.8) is 0 Å². The second kappa shape index (κ2) is 7.00. The zero-order valence-electron chi connectivity index (χ0n) is 11.4. The standard InChI is InChI=1S/C14H20N4O2/c15-13(16)7-14(19)20-12-4-2-6-18(10-12)9-11-3-1-5-17-8-11/h1,3,5,8,12H,2,4,6-7,9-10H2,(H3,15,16). The summed E-state index contributed by atoms with van der Waals surface area (Å²) in [4.78, 5) is 17.9. The number of amidine groups is 1. The summed E-state index contributed by atoms with van der Waals surface area (Å²) in [5.41, 5.74) is 6.35. The van der Waals surface area contributed by atoms with E-state index in [-0.39, 0.29) is 18.4 Å². The van der Waals surface area contributed by atoms with Gasteiger partial charge >= 0.3 is 5.97 Å². The number of nitrogens with one attached hydrogen (secondary N) is 1. The Balaban J connectivity index is 1.82. The van der Waals surface area contributed by atoms with Crippen LogP contribution in [0.2, 0.25) is 0 Å². The molecular weight excluding hydrogens is 256 g/mol. The van der Waals surface area contributed by atoms with Crippen molar-refractivity contribution in [2.75, 3.05) is 13.1 Å². The quantitative estimate of drug-likeness (QED) is 0.474. The highest BCUT2D eigenvalue weighted by molar-refractivity contribution is 5.94. The average molecular weight is 276 g/mol. The highest BCUT2D eigenvalue weighted by atomic mass is 16.5. The molecule has 6 heteroatoms. The molecule has 1 aliphatic heterocycles. The van der Waals surface area contributed by atoms with Gasteiger partial charge in [-0.05, 0) is 31.0 Å². The first-order valence-corrected chi connectivity index (χ1v) is 6.77. The Bertz CT molecular complexity index is 464. The van der Waals surface area contributed by atoms with Crippen LogP contribution >= 0.6 is 0 Å². The van der Waals surface area contributed by atoms with Gasteiger partial charge in [-0.25, -0.2) is 0 Å². The molecule has 108 valence electrons. The molecule has 6 nitrogen and oxygen atoms in total. The third-order valence-corrected chi connectivity index (χ3v) is 3.22. The van der Waals surface area contributed by atoms with Crippen molar-refractivity contribution in [2.45, 2.75) is 31.9 Å². The molecule has 0 saturated carbocycles. The Kier molecular flexibility index (Phi) is 5.06. The molecule has 0 aliphatic carbocycles. The van der Waals surface area contributed by atoms with E-state index in [2.05, 4.69) is 9.88 Å². The van der Waals surface area contributed by atoms with E-state index < -0.39 is 5.97 Å². The average Bonchev–Trinajstić information content (AvgIpc) is 2.39. The lowest BCUT2D eigenvalue weighted by Crippen LogP contribution is -2.40. The molecule has 1 aromatic heterocycles. The zero-order valence-corrected chi connectivity index (χ0v) is 11.4. The fourth-order valence-electron chi connectivity index (χ4n) is 2.39. The van der Waals surface area contributed by atoms with Gasteiger partial charge in [-0.15, -0.1) is 0 Å². The van der Waals surface area contributed by atoms with Crippen LogP contribution in [0, 0.1) is 5.41 Å². The molecule has 1 fully saturated rings. The van der Waals surface area contributed by atoms with Gasteiger partial charge in [-0.3, -0.25) is 20.1 Å². The summed E-state index contributed by atoms with van der Waals surface area (Å²) in [7, 11) is 0. The van der Waals surface area contributed by atoms with Gasteiger partial charge in [-0.1, -0.05) is 6.07 Å². The van der Waals surface area contributed by atoms with Gasteiger partial charge in [0.1, 0.15) is 18.4 Å². The van der Waals surface area contributed by atoms with E-state index >= 15 is 0 Å². The van der Waals surface area contributed by atoms with Gasteiger partial charge in [0, 0.05) is 25.5 Å². The predicted molar refractivity (Wildman–Crippen MR) is 75.2 cm³/mol. The smallest absolute Gasteiger partial charge is 0.313 e. The highest BCUT2D eigenvalue weighted by Gasteiger charge is 2.23. The summed E-state index contributed by atoms with van der Waals surface area (Å²) < 4.78 is 5.35. The van der Waals surface area contributed by atoms with E-state index in [1.54, 1.807) is 6.20 Å². The summed E-state index contributed by atoms with van der Waals surface area (Å²) in [6.45, 7) is 2.53. The number of nitrogens with zero attached hydrogens (tertiary/aromatic N) is 2. The van der Waals surface area contributed by atoms with Crippen LogP contribution in [0.4, 0.5) is 0 Å². The maximum absolute atomic E-state index is 11.5. The molecule has 0 amide bonds. The topological polar surface area (TPSA) is 92.3 Å². The summed E-state index contributed by atoms with van der Waals surface area (Å²) in [5, 5.41) is 7.09. The Morgan fingerprint density at radius 3 is 3.15 bits per heavy atom. The number of carbonyl (C=O) groups excluding carboxylic acids is 1. The molecule has 3 N–H and O–H groups in total. The SMILES string of the molecule is N=C(N)CC(=O)OC1CCCN(Cc2cccnc2)C1. The molecular formula is C14H20N4O2. The number of pyridine rings is 1. The van der Waals surface area contributed by atoms with Gasteiger partial charge in [-0.2, -0.15) is 0 Å². The lowest BCUT2D eigenvalue weighted by Gasteiger charge is -2.32. The maximum atomic E-state index is 11.5. The Labute approximate surface area is 118 Å². The van der Waals surface area contributed by atoms with Crippen LogP contribution < -0.4 is 5.73 Å². The molecule has 0 spiro atoms. The van der Waals surface area contributed by atoms with Crippen molar-refractivity contribution >= 4 is 11.8 Å². The number of esters is 1. The Morgan fingerprint density at radius 2 is 2.45 bits per heavy atom. The highest BCUT2D eigenvalue weighted by Crippen LogP contribution is 2.16. The number of nitrogens with two attached hydrogens (primary N) is 1. The van der Waals surface area contributed by atoms with E-state index in [4.69, 9.17) is 15.9 Å². The molecule has 1 aliphatic rings. The van der Waals surface area contributed by atoms with Crippen LogP contribution in [0.25, 0.3) is 0 Å². The number of rotatable bonds is 5. The number of carbonyl (C=O) groups is 1. The summed E-state index contributed by atoms with van der Waals surface area (Å²) in [6.07, 6.45) is 5.24. The van der Waals surface area contributed by atoms with Crippen molar-refractivity contribution in [3.05, 3.63) is 30.1 Å². The minimum atomic E-state index is -0.411. The molecule has 0 radical (unpaired) electrons. The van der Waals surface area contributed by atoms with Crippen LogP contribution in [-0.4, -0.2) is 40.9 Å². The van der Waals surface area contributed by atoms with Crippen molar-refractivity contribution in [3.8, 4) is 0 Å². The number of aromatic nitrogens is 1. The van der Waals surface area contributed by atoms with E-state index in [0.717, 1.165) is 38.0 Å². The molecule has 20 heavy (non-hydrogen) atoms. The van der Waals surface area contributed by atoms with Gasteiger partial charge in [0.2, 0.25) is 0 Å². The Morgan fingerprint density at radius 1 is 1.60 bits per heavy atom. The van der Waals surface area contributed by atoms with E-state index in [0.29, 0.717) is 0 Å². The summed E-state index contributed by atoms with van der Waals surface area (Å²) in [5.74, 6) is -0.566. The van der Waals surface area contributed by atoms with Crippen molar-refractivity contribution in [1.29, 1.82) is 5.41 Å². The normalized spacial score (nSPS) is 19.5. The van der Waals surface area contributed by atoms with Gasteiger partial charge in [0.15, 0.2) is 0 Å². The van der Waals surface area contributed by atoms with Crippen LogP contribution in [0.5, 0.6) is 0 Å². The lowest BCUT2D eigenvalue weighted by atomic mass is 10.1. The molecule has 1 unspecified atom stereocenters. The monoisotopic (exact) mass is 276 g/mol. The minimum Gasteiger partial charge on any atom is -0.461 e. The van der Waals surface area contributed by atoms with Crippen molar-refractivity contribution < 1.29 is 9.53 Å². The fraction of sp³-hybridized carbons (Fsp3) is 0.500. The third kappa shape index (κ3) is 4.62. The number of ether oxygens (including phenoxy) is 1. The van der Waals surface area contributed by atoms with Crippen LogP contribution in [0.15, 0.2) is 24.5 Å². The fourth-order valence-corrected chi connectivity index (χ4v) is 2.39. The van der Waals surface area contributed by atoms with Crippen LogP contribution in [-0.2, 0) is 16.1 Å². The molecule has 2 heterocycles. The number of likely N-dealkylation sites (tertiary alicyclic amines) is 1. The number of hydrogen-bond acceptors (Lipinski definition) is 5. The third-order valence-electron chi connectivity index (χ3n) is 3.22. The second-order valence-corrected chi connectivity index (χ2v) is 5.05. The van der Waals surface area contributed by atoms with E-state index in [1.165, 1.54) is 0 Å². The van der Waals surface area contributed by atoms with Gasteiger partial charge < -0.3 is 10.5 Å². The minimum absolute atomic E-state index is 0.104. The van der Waals surface area contributed by atoms with E-state index in [9.17, 15) is 4.79 Å². The first-order chi connectivity index (χ1) is 9.63. The molecule has 1 saturated heterocycles. The summed E-state index contributed by atoms with van der Waals surface area (Å²) in [6, 6.07) is 3.96. The molecule has 1 atom stereocenters. The first kappa shape index (κ1) is 14.5. The Hall–Kier alpha value is -1.95.